The van der Waals surface area contributed by atoms with E-state index in [-0.39, 0.29) is 6.04 Å². The summed E-state index contributed by atoms with van der Waals surface area (Å²) in [5.41, 5.74) is 5.37. The van der Waals surface area contributed by atoms with E-state index in [4.69, 9.17) is 5.73 Å². The van der Waals surface area contributed by atoms with Crippen molar-refractivity contribution >= 4 is 11.9 Å². The van der Waals surface area contributed by atoms with E-state index in [0.717, 1.165) is 12.1 Å². The van der Waals surface area contributed by atoms with Crippen LogP contribution in [0.4, 0.5) is 13.6 Å². The van der Waals surface area contributed by atoms with Gasteiger partial charge >= 0.3 is 6.03 Å². The smallest absolute Gasteiger partial charge is 0.319 e. The fourth-order valence-corrected chi connectivity index (χ4v) is 1.66. The van der Waals surface area contributed by atoms with Gasteiger partial charge in [0.25, 0.3) is 5.91 Å². The molecule has 0 aliphatic carbocycles. The maximum atomic E-state index is 13.1. The number of nitrogens with one attached hydrogen (secondary N) is 1. The molecule has 0 saturated heterocycles. The first-order chi connectivity index (χ1) is 8.81. The molecule has 1 aromatic carbocycles. The minimum atomic E-state index is -0.938. The van der Waals surface area contributed by atoms with Crippen LogP contribution in [0.2, 0.25) is 0 Å². The molecule has 3 amide bonds. The molecule has 19 heavy (non-hydrogen) atoms. The predicted octanol–water partition coefficient (Wildman–Crippen LogP) is 0.173. The van der Waals surface area contributed by atoms with Gasteiger partial charge in [-0.1, -0.05) is 0 Å². The second-order valence-electron chi connectivity index (χ2n) is 4.30. The number of rotatable bonds is 4. The molecule has 0 spiro atoms. The molecule has 0 saturated carbocycles. The summed E-state index contributed by atoms with van der Waals surface area (Å²) in [6, 6.07) is 1.77. The fourth-order valence-electron chi connectivity index (χ4n) is 1.66. The van der Waals surface area contributed by atoms with Gasteiger partial charge < -0.3 is 11.1 Å². The zero-order valence-corrected chi connectivity index (χ0v) is 10.6. The second-order valence-corrected chi connectivity index (χ2v) is 4.30. The van der Waals surface area contributed by atoms with Crippen LogP contribution in [0.15, 0.2) is 18.2 Å². The highest BCUT2D eigenvalue weighted by molar-refractivity contribution is 5.95. The Hall–Kier alpha value is -2.02. The fraction of sp³-hybridized carbons (Fsp3) is 0.333. The molecule has 0 aliphatic heterocycles. The number of halogens is 2. The monoisotopic (exact) mass is 272 g/mol. The van der Waals surface area contributed by atoms with Crippen molar-refractivity contribution in [3.63, 3.8) is 0 Å². The number of imide groups is 1. The molecule has 5 nitrogen and oxygen atoms in total. The Morgan fingerprint density at radius 2 is 1.89 bits per heavy atom. The number of urea groups is 1. The molecule has 104 valence electrons. The van der Waals surface area contributed by atoms with Crippen molar-refractivity contribution in [3.05, 3.63) is 35.4 Å². The summed E-state index contributed by atoms with van der Waals surface area (Å²) in [5, 5.41) is 3.57. The van der Waals surface area contributed by atoms with Gasteiger partial charge in [-0.15, -0.1) is 0 Å². The van der Waals surface area contributed by atoms with E-state index in [1.54, 1.807) is 19.2 Å². The quantitative estimate of drug-likeness (QED) is 0.729. The van der Waals surface area contributed by atoms with Crippen molar-refractivity contribution < 1.29 is 23.7 Å². The van der Waals surface area contributed by atoms with Crippen LogP contribution in [0, 0.1) is 11.6 Å². The Labute approximate surface area is 109 Å². The zero-order chi connectivity index (χ0) is 14.6. The lowest BCUT2D eigenvalue weighted by atomic mass is 10.1. The molecule has 5 N–H and O–H groups in total. The molecular weight excluding hydrogens is 256 g/mol. The van der Waals surface area contributed by atoms with Crippen molar-refractivity contribution in [2.45, 2.75) is 25.9 Å². The highest BCUT2D eigenvalue weighted by atomic mass is 19.2. The van der Waals surface area contributed by atoms with Crippen LogP contribution < -0.4 is 16.4 Å². The molecule has 1 aromatic rings. The minimum Gasteiger partial charge on any atom is -0.351 e. The summed E-state index contributed by atoms with van der Waals surface area (Å²) in [6.07, 6.45) is 0. The molecule has 2 atom stereocenters. The molecule has 0 unspecified atom stereocenters. The Morgan fingerprint density at radius 3 is 2.42 bits per heavy atom. The Bertz CT molecular complexity index is 494. The number of quaternary nitrogens is 1. The van der Waals surface area contributed by atoms with Gasteiger partial charge in [0, 0.05) is 5.56 Å². The highest BCUT2D eigenvalue weighted by Crippen LogP contribution is 2.13. The maximum absolute atomic E-state index is 13.1. The van der Waals surface area contributed by atoms with Crippen molar-refractivity contribution in [2.75, 3.05) is 0 Å². The van der Waals surface area contributed by atoms with Crippen molar-refractivity contribution in [1.29, 1.82) is 0 Å². The molecule has 0 aromatic heterocycles. The highest BCUT2D eigenvalue weighted by Gasteiger charge is 2.21. The summed E-state index contributed by atoms with van der Waals surface area (Å²) < 4.78 is 25.9. The number of hydrogen-bond acceptors (Lipinski definition) is 2. The lowest BCUT2D eigenvalue weighted by molar-refractivity contribution is -0.710. The van der Waals surface area contributed by atoms with Gasteiger partial charge in [-0.25, -0.2) is 13.6 Å². The van der Waals surface area contributed by atoms with Gasteiger partial charge in [0.15, 0.2) is 17.7 Å². The number of amides is 3. The standard InChI is InChI=1S/C12H15F2N3O2/c1-6(8-3-4-9(13)10(14)5-8)16-7(2)11(18)17-12(15)19/h3-7,16H,1-2H3,(H3,15,17,18,19)/p+1/t6-,7-/m0/s1. The van der Waals surface area contributed by atoms with E-state index in [0.29, 0.717) is 5.56 Å². The van der Waals surface area contributed by atoms with Gasteiger partial charge in [-0.05, 0) is 32.0 Å². The SMILES string of the molecule is C[C@H]([NH2+][C@@H](C)c1ccc(F)c(F)c1)C(=O)NC(N)=O. The average Bonchev–Trinajstić information content (AvgIpc) is 2.31. The van der Waals surface area contributed by atoms with Gasteiger partial charge in [0.2, 0.25) is 0 Å². The number of carbonyl (C=O) groups excluding carboxylic acids is 2. The number of nitrogens with two attached hydrogens (primary N) is 2. The van der Waals surface area contributed by atoms with E-state index in [1.807, 2.05) is 5.32 Å². The third-order valence-corrected chi connectivity index (χ3v) is 2.71. The van der Waals surface area contributed by atoms with E-state index in [9.17, 15) is 18.4 Å². The summed E-state index contributed by atoms with van der Waals surface area (Å²) in [6.45, 7) is 3.31. The van der Waals surface area contributed by atoms with Crippen molar-refractivity contribution in [3.8, 4) is 0 Å². The summed E-state index contributed by atoms with van der Waals surface area (Å²) in [4.78, 5) is 22.0. The van der Waals surface area contributed by atoms with Crippen LogP contribution in [0.1, 0.15) is 25.5 Å². The van der Waals surface area contributed by atoms with E-state index in [2.05, 4.69) is 0 Å². The van der Waals surface area contributed by atoms with E-state index in [1.165, 1.54) is 6.07 Å². The van der Waals surface area contributed by atoms with Gasteiger partial charge in [-0.2, -0.15) is 0 Å². The van der Waals surface area contributed by atoms with Gasteiger partial charge in [-0.3, -0.25) is 10.1 Å². The second kappa shape index (κ2) is 6.24. The summed E-state index contributed by atoms with van der Waals surface area (Å²) >= 11 is 0. The van der Waals surface area contributed by atoms with Gasteiger partial charge in [0.1, 0.15) is 6.04 Å². The Morgan fingerprint density at radius 1 is 1.26 bits per heavy atom. The number of carbonyl (C=O) groups is 2. The molecular formula is C12H16F2N3O2+. The summed E-state index contributed by atoms with van der Waals surface area (Å²) in [7, 11) is 0. The first kappa shape index (κ1) is 15.0. The van der Waals surface area contributed by atoms with E-state index >= 15 is 0 Å². The lowest BCUT2D eigenvalue weighted by Crippen LogP contribution is -2.92. The first-order valence-electron chi connectivity index (χ1n) is 5.71. The molecule has 0 aliphatic rings. The van der Waals surface area contributed by atoms with Crippen LogP contribution >= 0.6 is 0 Å². The van der Waals surface area contributed by atoms with Crippen LogP contribution in [0.5, 0.6) is 0 Å². The first-order valence-corrected chi connectivity index (χ1v) is 5.71. The van der Waals surface area contributed by atoms with E-state index < -0.39 is 29.6 Å². The average molecular weight is 272 g/mol. The number of hydrogen-bond donors (Lipinski definition) is 3. The van der Waals surface area contributed by atoms with Gasteiger partial charge in [0.05, 0.1) is 0 Å². The van der Waals surface area contributed by atoms with Crippen LogP contribution in [-0.2, 0) is 4.79 Å². The maximum Gasteiger partial charge on any atom is 0.319 e. The molecule has 7 heteroatoms. The minimum absolute atomic E-state index is 0.274. The normalized spacial score (nSPS) is 13.7. The Kier molecular flexibility index (Phi) is 4.94. The summed E-state index contributed by atoms with van der Waals surface area (Å²) in [5.74, 6) is -2.40. The van der Waals surface area contributed by atoms with Crippen LogP contribution in [0.3, 0.4) is 0 Å². The number of benzene rings is 1. The third-order valence-electron chi connectivity index (χ3n) is 2.71. The molecule has 0 fully saturated rings. The molecule has 1 rings (SSSR count). The van der Waals surface area contributed by atoms with Crippen molar-refractivity contribution in [2.24, 2.45) is 5.73 Å². The van der Waals surface area contributed by atoms with Crippen molar-refractivity contribution in [1.82, 2.24) is 5.32 Å². The molecule has 0 heterocycles. The zero-order valence-electron chi connectivity index (χ0n) is 10.6. The number of primary amides is 1. The topological polar surface area (TPSA) is 88.8 Å². The molecule has 0 bridgehead atoms. The third kappa shape index (κ3) is 4.29. The molecule has 0 radical (unpaired) electrons. The van der Waals surface area contributed by atoms with Crippen LogP contribution in [0.25, 0.3) is 0 Å². The lowest BCUT2D eigenvalue weighted by Gasteiger charge is -2.16. The largest absolute Gasteiger partial charge is 0.351 e. The van der Waals surface area contributed by atoms with Crippen LogP contribution in [-0.4, -0.2) is 18.0 Å². The Balaban J connectivity index is 2.68. The predicted molar refractivity (Wildman–Crippen MR) is 63.9 cm³/mol.